The van der Waals surface area contributed by atoms with Gasteiger partial charge < -0.3 is 19.5 Å². The van der Waals surface area contributed by atoms with E-state index < -0.39 is 6.10 Å². The summed E-state index contributed by atoms with van der Waals surface area (Å²) in [5.41, 5.74) is 0. The monoisotopic (exact) mass is 349 g/mol. The molecule has 1 aromatic carbocycles. The summed E-state index contributed by atoms with van der Waals surface area (Å²) in [5, 5.41) is 10.6. The van der Waals surface area contributed by atoms with Crippen molar-refractivity contribution in [3.63, 3.8) is 0 Å². The molecule has 1 unspecified atom stereocenters. The number of likely N-dealkylation sites (tertiary alicyclic amines) is 1. The summed E-state index contributed by atoms with van der Waals surface area (Å²) in [5.74, 6) is 0.775. The first-order chi connectivity index (χ1) is 10.2. The second kappa shape index (κ2) is 11.1. The van der Waals surface area contributed by atoms with Gasteiger partial charge in [-0.2, -0.15) is 0 Å². The lowest BCUT2D eigenvalue weighted by Crippen LogP contribution is -2.38. The number of halogens is 2. The normalized spacial score (nSPS) is 16.8. The Kier molecular flexibility index (Phi) is 9.84. The molecule has 0 saturated carbocycles. The van der Waals surface area contributed by atoms with Gasteiger partial charge in [0, 0.05) is 11.6 Å². The predicted molar refractivity (Wildman–Crippen MR) is 91.3 cm³/mol. The maximum Gasteiger partial charge on any atom is 0.119 e. The van der Waals surface area contributed by atoms with Crippen LogP contribution in [0.15, 0.2) is 24.3 Å². The molecule has 1 aromatic rings. The number of hydrogen-bond acceptors (Lipinski definition) is 4. The molecule has 1 fully saturated rings. The van der Waals surface area contributed by atoms with Crippen LogP contribution >= 0.6 is 24.0 Å². The van der Waals surface area contributed by atoms with Crippen LogP contribution in [0.25, 0.3) is 0 Å². The van der Waals surface area contributed by atoms with Gasteiger partial charge in [-0.25, -0.2) is 0 Å². The van der Waals surface area contributed by atoms with Crippen molar-refractivity contribution in [2.45, 2.75) is 25.4 Å². The van der Waals surface area contributed by atoms with Crippen molar-refractivity contribution in [1.29, 1.82) is 0 Å². The van der Waals surface area contributed by atoms with Gasteiger partial charge in [0.05, 0.1) is 19.3 Å². The van der Waals surface area contributed by atoms with Crippen molar-refractivity contribution in [3.8, 4) is 5.75 Å². The van der Waals surface area contributed by atoms with E-state index in [1.54, 1.807) is 12.1 Å². The van der Waals surface area contributed by atoms with Crippen LogP contribution in [-0.4, -0.2) is 55.6 Å². The average molecular weight is 350 g/mol. The van der Waals surface area contributed by atoms with Crippen LogP contribution in [0.1, 0.15) is 19.3 Å². The third-order valence-electron chi connectivity index (χ3n) is 3.54. The maximum absolute atomic E-state index is 9.93. The van der Waals surface area contributed by atoms with E-state index in [4.69, 9.17) is 21.1 Å². The first kappa shape index (κ1) is 19.5. The van der Waals surface area contributed by atoms with E-state index in [0.717, 1.165) is 18.8 Å². The molecule has 0 spiro atoms. The number of ether oxygens (including phenoxy) is 2. The molecule has 0 amide bonds. The minimum atomic E-state index is -0.418. The molecule has 0 bridgehead atoms. The Balaban J connectivity index is 0.00000242. The lowest BCUT2D eigenvalue weighted by Gasteiger charge is -2.28. The molecule has 6 heteroatoms. The SMILES string of the molecule is Cl.OC(COCCOc1ccc(Cl)cc1)CN1CCCCC1. The van der Waals surface area contributed by atoms with Gasteiger partial charge in [-0.1, -0.05) is 18.0 Å². The van der Waals surface area contributed by atoms with Gasteiger partial charge in [0.15, 0.2) is 0 Å². The van der Waals surface area contributed by atoms with Gasteiger partial charge in [0.2, 0.25) is 0 Å². The fourth-order valence-corrected chi connectivity index (χ4v) is 2.59. The smallest absolute Gasteiger partial charge is 0.119 e. The molecule has 0 aliphatic carbocycles. The van der Waals surface area contributed by atoms with Gasteiger partial charge >= 0.3 is 0 Å². The fraction of sp³-hybridized carbons (Fsp3) is 0.625. The van der Waals surface area contributed by atoms with Crippen LogP contribution in [0.5, 0.6) is 5.75 Å². The van der Waals surface area contributed by atoms with Crippen molar-refractivity contribution >= 4 is 24.0 Å². The summed E-state index contributed by atoms with van der Waals surface area (Å²) in [6.07, 6.45) is 3.37. The van der Waals surface area contributed by atoms with E-state index in [1.807, 2.05) is 12.1 Å². The van der Waals surface area contributed by atoms with Crippen LogP contribution in [0, 0.1) is 0 Å². The molecule has 0 aromatic heterocycles. The van der Waals surface area contributed by atoms with Crippen LogP contribution < -0.4 is 4.74 Å². The quantitative estimate of drug-likeness (QED) is 0.732. The molecule has 126 valence electrons. The number of aliphatic hydroxyl groups is 1. The average Bonchev–Trinajstić information content (AvgIpc) is 2.50. The molecule has 2 rings (SSSR count). The number of β-amino-alcohol motifs (C(OH)–C–C–N with tert-alkyl or cyclic N) is 1. The Morgan fingerprint density at radius 3 is 2.45 bits per heavy atom. The second-order valence-corrected chi connectivity index (χ2v) is 5.83. The van der Waals surface area contributed by atoms with Crippen LogP contribution in [0.3, 0.4) is 0 Å². The van der Waals surface area contributed by atoms with Crippen LogP contribution in [0.2, 0.25) is 5.02 Å². The topological polar surface area (TPSA) is 41.9 Å². The van der Waals surface area contributed by atoms with E-state index in [2.05, 4.69) is 4.90 Å². The summed E-state index contributed by atoms with van der Waals surface area (Å²) in [6.45, 7) is 4.20. The molecule has 4 nitrogen and oxygen atoms in total. The summed E-state index contributed by atoms with van der Waals surface area (Å²) in [7, 11) is 0. The number of hydrogen-bond donors (Lipinski definition) is 1. The van der Waals surface area contributed by atoms with Crippen molar-refractivity contribution in [2.24, 2.45) is 0 Å². The zero-order valence-corrected chi connectivity index (χ0v) is 14.3. The molecule has 22 heavy (non-hydrogen) atoms. The van der Waals surface area contributed by atoms with Gasteiger partial charge in [0.1, 0.15) is 12.4 Å². The largest absolute Gasteiger partial charge is 0.491 e. The van der Waals surface area contributed by atoms with Crippen molar-refractivity contribution < 1.29 is 14.6 Å². The highest BCUT2D eigenvalue weighted by Gasteiger charge is 2.14. The van der Waals surface area contributed by atoms with E-state index in [0.29, 0.717) is 31.4 Å². The van der Waals surface area contributed by atoms with Gasteiger partial charge in [-0.05, 0) is 50.2 Å². The fourth-order valence-electron chi connectivity index (χ4n) is 2.46. The minimum absolute atomic E-state index is 0. The van der Waals surface area contributed by atoms with Crippen molar-refractivity contribution in [2.75, 3.05) is 39.5 Å². The number of piperidine rings is 1. The van der Waals surface area contributed by atoms with Crippen LogP contribution in [0.4, 0.5) is 0 Å². The first-order valence-electron chi connectivity index (χ1n) is 7.60. The molecule has 1 heterocycles. The van der Waals surface area contributed by atoms with Crippen molar-refractivity contribution in [3.05, 3.63) is 29.3 Å². The van der Waals surface area contributed by atoms with E-state index >= 15 is 0 Å². The number of nitrogens with zero attached hydrogens (tertiary/aromatic N) is 1. The van der Waals surface area contributed by atoms with Gasteiger partial charge in [-0.15, -0.1) is 12.4 Å². The Morgan fingerprint density at radius 1 is 1.09 bits per heavy atom. The van der Waals surface area contributed by atoms with Gasteiger partial charge in [0.25, 0.3) is 0 Å². The summed E-state index contributed by atoms with van der Waals surface area (Å²) in [4.78, 5) is 2.31. The lowest BCUT2D eigenvalue weighted by molar-refractivity contribution is 0.00533. The zero-order chi connectivity index (χ0) is 14.9. The third-order valence-corrected chi connectivity index (χ3v) is 3.79. The molecule has 1 N–H and O–H groups in total. The molecule has 0 radical (unpaired) electrons. The lowest BCUT2D eigenvalue weighted by atomic mass is 10.1. The van der Waals surface area contributed by atoms with E-state index in [9.17, 15) is 5.11 Å². The molecule has 1 aliphatic rings. The molecular weight excluding hydrogens is 325 g/mol. The summed E-state index contributed by atoms with van der Waals surface area (Å²) < 4.78 is 11.0. The Morgan fingerprint density at radius 2 is 1.77 bits per heavy atom. The predicted octanol–water partition coefficient (Wildman–Crippen LogP) is 3.00. The van der Waals surface area contributed by atoms with Crippen molar-refractivity contribution in [1.82, 2.24) is 4.90 Å². The highest BCUT2D eigenvalue weighted by atomic mass is 35.5. The third kappa shape index (κ3) is 7.65. The highest BCUT2D eigenvalue weighted by molar-refractivity contribution is 6.30. The minimum Gasteiger partial charge on any atom is -0.491 e. The highest BCUT2D eigenvalue weighted by Crippen LogP contribution is 2.15. The Labute approximate surface area is 143 Å². The standard InChI is InChI=1S/C16H24ClNO3.ClH/c17-14-4-6-16(7-5-14)21-11-10-20-13-15(19)12-18-8-2-1-3-9-18;/h4-7,15,19H,1-3,8-13H2;1H. The summed E-state index contributed by atoms with van der Waals surface area (Å²) in [6, 6.07) is 7.24. The molecule has 1 aliphatic heterocycles. The van der Waals surface area contributed by atoms with Gasteiger partial charge in [-0.3, -0.25) is 0 Å². The zero-order valence-electron chi connectivity index (χ0n) is 12.7. The van der Waals surface area contributed by atoms with E-state index in [-0.39, 0.29) is 12.4 Å². The Hall–Kier alpha value is -0.520. The Bertz CT molecular complexity index is 397. The maximum atomic E-state index is 9.93. The van der Waals surface area contributed by atoms with Crippen LogP contribution in [-0.2, 0) is 4.74 Å². The molecular formula is C16H25Cl2NO3. The molecule has 1 atom stereocenters. The van der Waals surface area contributed by atoms with E-state index in [1.165, 1.54) is 19.3 Å². The second-order valence-electron chi connectivity index (χ2n) is 5.39. The number of rotatable bonds is 8. The molecule has 1 saturated heterocycles. The summed E-state index contributed by atoms with van der Waals surface area (Å²) >= 11 is 5.80. The number of benzene rings is 1. The number of aliphatic hydroxyl groups excluding tert-OH is 1. The first-order valence-corrected chi connectivity index (χ1v) is 7.98.